The Hall–Kier alpha value is -1.24. The van der Waals surface area contributed by atoms with Crippen LogP contribution in [0.5, 0.6) is 0 Å². The Morgan fingerprint density at radius 1 is 1.68 bits per heavy atom. The fourth-order valence-electron chi connectivity index (χ4n) is 2.38. The van der Waals surface area contributed by atoms with Crippen molar-refractivity contribution >= 4 is 21.6 Å². The summed E-state index contributed by atoms with van der Waals surface area (Å²) in [5, 5.41) is 5.31. The maximum atomic E-state index is 11.8. The van der Waals surface area contributed by atoms with E-state index in [1.165, 1.54) is 11.3 Å². The minimum atomic E-state index is -0.0475. The summed E-state index contributed by atoms with van der Waals surface area (Å²) in [7, 11) is 0. The second-order valence-electron chi connectivity index (χ2n) is 4.94. The monoisotopic (exact) mass is 279 g/mol. The topological polar surface area (TPSA) is 67.0 Å². The van der Waals surface area contributed by atoms with Crippen molar-refractivity contribution in [2.45, 2.75) is 25.9 Å². The number of H-pyrrole nitrogens is 1. The molecule has 3 heterocycles. The fraction of sp³-hybridized carbons (Fsp3) is 0.538. The van der Waals surface area contributed by atoms with E-state index >= 15 is 0 Å². The fourth-order valence-corrected chi connectivity index (χ4v) is 3.10. The summed E-state index contributed by atoms with van der Waals surface area (Å²) in [6.45, 7) is 4.41. The van der Waals surface area contributed by atoms with Gasteiger partial charge in [0.15, 0.2) is 0 Å². The average molecular weight is 279 g/mol. The van der Waals surface area contributed by atoms with Gasteiger partial charge in [-0.05, 0) is 30.7 Å². The van der Waals surface area contributed by atoms with Gasteiger partial charge in [0.25, 0.3) is 5.56 Å². The number of rotatable bonds is 4. The van der Waals surface area contributed by atoms with E-state index in [0.29, 0.717) is 29.0 Å². The van der Waals surface area contributed by atoms with Crippen LogP contribution in [0.4, 0.5) is 0 Å². The predicted molar refractivity (Wildman–Crippen MR) is 75.5 cm³/mol. The van der Waals surface area contributed by atoms with Gasteiger partial charge in [0.05, 0.1) is 18.7 Å². The number of thiophene rings is 1. The zero-order chi connectivity index (χ0) is 13.2. The molecule has 0 bridgehead atoms. The first kappa shape index (κ1) is 12.8. The van der Waals surface area contributed by atoms with Crippen LogP contribution in [0.2, 0.25) is 0 Å². The van der Waals surface area contributed by atoms with Crippen molar-refractivity contribution in [1.29, 1.82) is 0 Å². The normalized spacial score (nSPS) is 21.0. The van der Waals surface area contributed by atoms with E-state index in [2.05, 4.69) is 22.2 Å². The number of aromatic amines is 1. The summed E-state index contributed by atoms with van der Waals surface area (Å²) < 4.78 is 6.08. The lowest BCUT2D eigenvalue weighted by Crippen LogP contribution is -2.34. The molecular weight excluding hydrogens is 262 g/mol. The number of ether oxygens (including phenoxy) is 1. The van der Waals surface area contributed by atoms with Gasteiger partial charge in [-0.2, -0.15) is 0 Å². The van der Waals surface area contributed by atoms with E-state index in [4.69, 9.17) is 4.74 Å². The zero-order valence-electron chi connectivity index (χ0n) is 10.8. The maximum absolute atomic E-state index is 11.8. The predicted octanol–water partition coefficient (Wildman–Crippen LogP) is 1.50. The number of fused-ring (bicyclic) bond motifs is 1. The van der Waals surface area contributed by atoms with Crippen LogP contribution < -0.4 is 10.9 Å². The van der Waals surface area contributed by atoms with Crippen LogP contribution in [0.25, 0.3) is 10.2 Å². The Morgan fingerprint density at radius 2 is 2.58 bits per heavy atom. The van der Waals surface area contributed by atoms with E-state index < -0.39 is 0 Å². The number of nitrogens with zero attached hydrogens (tertiary/aromatic N) is 1. The van der Waals surface area contributed by atoms with E-state index in [9.17, 15) is 4.79 Å². The van der Waals surface area contributed by atoms with Crippen LogP contribution in [0.1, 0.15) is 19.2 Å². The molecule has 0 radical (unpaired) electrons. The SMILES string of the molecule is CC(NCc1nc2ccsc2c(=O)[nH]1)C1CCOC1. The summed E-state index contributed by atoms with van der Waals surface area (Å²) in [4.78, 5) is 19.1. The molecule has 1 aliphatic heterocycles. The summed E-state index contributed by atoms with van der Waals surface area (Å²) >= 11 is 1.42. The number of aromatic nitrogens is 2. The first-order chi connectivity index (χ1) is 9.24. The van der Waals surface area contributed by atoms with Crippen molar-refractivity contribution in [2.75, 3.05) is 13.2 Å². The molecule has 2 aromatic rings. The molecule has 19 heavy (non-hydrogen) atoms. The van der Waals surface area contributed by atoms with Gasteiger partial charge in [-0.1, -0.05) is 0 Å². The summed E-state index contributed by atoms with van der Waals surface area (Å²) in [6.07, 6.45) is 1.10. The highest BCUT2D eigenvalue weighted by atomic mass is 32.1. The zero-order valence-corrected chi connectivity index (χ0v) is 11.6. The second kappa shape index (κ2) is 5.40. The Bertz CT molecular complexity index is 616. The van der Waals surface area contributed by atoms with Crippen LogP contribution in [-0.4, -0.2) is 29.2 Å². The third kappa shape index (κ3) is 2.70. The van der Waals surface area contributed by atoms with Gasteiger partial charge in [-0.3, -0.25) is 4.79 Å². The van der Waals surface area contributed by atoms with E-state index in [1.54, 1.807) is 0 Å². The van der Waals surface area contributed by atoms with Gasteiger partial charge in [0, 0.05) is 12.6 Å². The molecule has 0 aromatic carbocycles. The van der Waals surface area contributed by atoms with Gasteiger partial charge in [0.2, 0.25) is 0 Å². The minimum absolute atomic E-state index is 0.0475. The van der Waals surface area contributed by atoms with Crippen molar-refractivity contribution < 1.29 is 4.74 Å². The lowest BCUT2D eigenvalue weighted by atomic mass is 10.0. The van der Waals surface area contributed by atoms with E-state index in [1.807, 2.05) is 11.4 Å². The third-order valence-electron chi connectivity index (χ3n) is 3.63. The Kier molecular flexibility index (Phi) is 3.63. The van der Waals surface area contributed by atoms with Gasteiger partial charge >= 0.3 is 0 Å². The van der Waals surface area contributed by atoms with Crippen LogP contribution >= 0.6 is 11.3 Å². The van der Waals surface area contributed by atoms with Crippen molar-refractivity contribution in [3.05, 3.63) is 27.6 Å². The molecule has 0 saturated carbocycles. The highest BCUT2D eigenvalue weighted by molar-refractivity contribution is 7.17. The molecule has 3 rings (SSSR count). The molecule has 2 unspecified atom stereocenters. The minimum Gasteiger partial charge on any atom is -0.381 e. The molecule has 6 heteroatoms. The number of hydrogen-bond donors (Lipinski definition) is 2. The highest BCUT2D eigenvalue weighted by Crippen LogP contribution is 2.17. The standard InChI is InChI=1S/C13H17N3O2S/c1-8(9-2-4-18-7-9)14-6-11-15-10-3-5-19-12(10)13(17)16-11/h3,5,8-9,14H,2,4,6-7H2,1H3,(H,15,16,17). The lowest BCUT2D eigenvalue weighted by Gasteiger charge is -2.18. The quantitative estimate of drug-likeness (QED) is 0.890. The molecule has 2 N–H and O–H groups in total. The molecule has 1 aliphatic rings. The van der Waals surface area contributed by atoms with Crippen LogP contribution in [0.3, 0.4) is 0 Å². The van der Waals surface area contributed by atoms with Crippen LogP contribution in [0.15, 0.2) is 16.2 Å². The molecule has 0 aliphatic carbocycles. The molecule has 2 atom stereocenters. The number of nitrogens with one attached hydrogen (secondary N) is 2. The molecule has 2 aromatic heterocycles. The van der Waals surface area contributed by atoms with Gasteiger partial charge in [0.1, 0.15) is 10.5 Å². The van der Waals surface area contributed by atoms with Crippen LogP contribution in [-0.2, 0) is 11.3 Å². The second-order valence-corrected chi connectivity index (χ2v) is 5.86. The summed E-state index contributed by atoms with van der Waals surface area (Å²) in [5.74, 6) is 1.25. The van der Waals surface area contributed by atoms with Crippen molar-refractivity contribution in [2.24, 2.45) is 5.92 Å². The molecule has 5 nitrogen and oxygen atoms in total. The Labute approximate surface area is 115 Å². The van der Waals surface area contributed by atoms with Gasteiger partial charge in [-0.15, -0.1) is 11.3 Å². The molecule has 1 fully saturated rings. The lowest BCUT2D eigenvalue weighted by molar-refractivity contribution is 0.178. The highest BCUT2D eigenvalue weighted by Gasteiger charge is 2.21. The van der Waals surface area contributed by atoms with Crippen molar-refractivity contribution in [1.82, 2.24) is 15.3 Å². The van der Waals surface area contributed by atoms with Crippen molar-refractivity contribution in [3.63, 3.8) is 0 Å². The van der Waals surface area contributed by atoms with Crippen LogP contribution in [0, 0.1) is 5.92 Å². The first-order valence-electron chi connectivity index (χ1n) is 6.51. The van der Waals surface area contributed by atoms with Gasteiger partial charge < -0.3 is 15.0 Å². The molecular formula is C13H17N3O2S. The Morgan fingerprint density at radius 3 is 3.37 bits per heavy atom. The average Bonchev–Trinajstić information content (AvgIpc) is 3.06. The molecule has 0 amide bonds. The molecule has 1 saturated heterocycles. The number of hydrogen-bond acceptors (Lipinski definition) is 5. The third-order valence-corrected chi connectivity index (χ3v) is 4.53. The first-order valence-corrected chi connectivity index (χ1v) is 7.39. The van der Waals surface area contributed by atoms with Crippen molar-refractivity contribution in [3.8, 4) is 0 Å². The molecule has 0 spiro atoms. The van der Waals surface area contributed by atoms with E-state index in [-0.39, 0.29) is 5.56 Å². The summed E-state index contributed by atoms with van der Waals surface area (Å²) in [5.41, 5.74) is 0.732. The smallest absolute Gasteiger partial charge is 0.268 e. The molecule has 102 valence electrons. The summed E-state index contributed by atoms with van der Waals surface area (Å²) in [6, 6.07) is 2.25. The van der Waals surface area contributed by atoms with E-state index in [0.717, 1.165) is 25.2 Å². The Balaban J connectivity index is 1.69. The maximum Gasteiger partial charge on any atom is 0.268 e. The largest absolute Gasteiger partial charge is 0.381 e. The van der Waals surface area contributed by atoms with Gasteiger partial charge in [-0.25, -0.2) is 4.98 Å².